The molecule has 0 spiro atoms. The minimum absolute atomic E-state index is 0.0713. The molecule has 0 fully saturated rings. The molecule has 0 saturated carbocycles. The number of para-hydroxylation sites is 1. The van der Waals surface area contributed by atoms with Crippen LogP contribution in [0.5, 0.6) is 5.75 Å². The van der Waals surface area contributed by atoms with Crippen molar-refractivity contribution in [3.63, 3.8) is 0 Å². The molecule has 4 rings (SSSR count). The fourth-order valence-corrected chi connectivity index (χ4v) is 4.44. The first-order chi connectivity index (χ1) is 15.4. The molecule has 0 unspecified atom stereocenters. The second kappa shape index (κ2) is 9.05. The van der Waals surface area contributed by atoms with Gasteiger partial charge in [-0.1, -0.05) is 30.3 Å². The Kier molecular flexibility index (Phi) is 6.19. The number of ether oxygens (including phenoxy) is 1. The van der Waals surface area contributed by atoms with Crippen molar-refractivity contribution in [1.82, 2.24) is 9.88 Å². The van der Waals surface area contributed by atoms with E-state index in [1.54, 1.807) is 7.11 Å². The average molecular weight is 430 g/mol. The summed E-state index contributed by atoms with van der Waals surface area (Å²) in [5.74, 6) is 0.741. The number of hydrogen-bond donors (Lipinski definition) is 2. The maximum Gasteiger partial charge on any atom is 0.256 e. The SMILES string of the molecule is COc1ccccc1-c1ccc2c(c1)NC(=O)C2=Cc1[nH]c(C)c(CCCN(C)C)c1C. The monoisotopic (exact) mass is 429 g/mol. The number of anilines is 1. The van der Waals surface area contributed by atoms with Gasteiger partial charge in [0.05, 0.1) is 12.7 Å². The van der Waals surface area contributed by atoms with Crippen LogP contribution >= 0.6 is 0 Å². The smallest absolute Gasteiger partial charge is 0.256 e. The number of fused-ring (bicyclic) bond motifs is 1. The van der Waals surface area contributed by atoms with Gasteiger partial charge in [0.1, 0.15) is 5.75 Å². The molecule has 1 aromatic heterocycles. The Morgan fingerprint density at radius 2 is 1.84 bits per heavy atom. The van der Waals surface area contributed by atoms with Gasteiger partial charge in [0.15, 0.2) is 0 Å². The van der Waals surface area contributed by atoms with E-state index in [1.165, 1.54) is 16.8 Å². The summed E-state index contributed by atoms with van der Waals surface area (Å²) in [6.07, 6.45) is 4.12. The molecule has 2 aromatic carbocycles. The Hall–Kier alpha value is -3.31. The van der Waals surface area contributed by atoms with Gasteiger partial charge in [0, 0.05) is 28.2 Å². The van der Waals surface area contributed by atoms with Crippen molar-refractivity contribution in [2.24, 2.45) is 0 Å². The number of hydrogen-bond acceptors (Lipinski definition) is 3. The number of nitrogens with one attached hydrogen (secondary N) is 2. The summed E-state index contributed by atoms with van der Waals surface area (Å²) < 4.78 is 5.50. The molecule has 0 aliphatic carbocycles. The zero-order valence-corrected chi connectivity index (χ0v) is 19.5. The molecule has 5 nitrogen and oxygen atoms in total. The molecule has 1 amide bonds. The number of nitrogens with zero attached hydrogens (tertiary/aromatic N) is 1. The zero-order valence-electron chi connectivity index (χ0n) is 19.5. The van der Waals surface area contributed by atoms with Crippen LogP contribution in [0.2, 0.25) is 0 Å². The Balaban J connectivity index is 1.65. The lowest BCUT2D eigenvalue weighted by Gasteiger charge is -2.09. The molecule has 0 bridgehead atoms. The Morgan fingerprint density at radius 1 is 1.06 bits per heavy atom. The molecule has 0 atom stereocenters. The van der Waals surface area contributed by atoms with E-state index in [0.29, 0.717) is 5.57 Å². The van der Waals surface area contributed by atoms with Gasteiger partial charge in [0.2, 0.25) is 0 Å². The van der Waals surface area contributed by atoms with Crippen LogP contribution in [0.25, 0.3) is 22.8 Å². The molecule has 166 valence electrons. The predicted octanol–water partition coefficient (Wildman–Crippen LogP) is 5.29. The highest BCUT2D eigenvalue weighted by Gasteiger charge is 2.25. The van der Waals surface area contributed by atoms with E-state index in [9.17, 15) is 4.79 Å². The third-order valence-electron chi connectivity index (χ3n) is 6.17. The van der Waals surface area contributed by atoms with Crippen molar-refractivity contribution < 1.29 is 9.53 Å². The summed E-state index contributed by atoms with van der Waals surface area (Å²) in [6.45, 7) is 5.31. The third kappa shape index (κ3) is 4.21. The molecule has 0 radical (unpaired) electrons. The Morgan fingerprint density at radius 3 is 2.59 bits per heavy atom. The fraction of sp³-hybridized carbons (Fsp3) is 0.296. The van der Waals surface area contributed by atoms with Crippen LogP contribution in [0.15, 0.2) is 42.5 Å². The molecule has 32 heavy (non-hydrogen) atoms. The van der Waals surface area contributed by atoms with Crippen molar-refractivity contribution in [3.8, 4) is 16.9 Å². The number of benzene rings is 2. The van der Waals surface area contributed by atoms with Gasteiger partial charge in [-0.15, -0.1) is 0 Å². The maximum absolute atomic E-state index is 12.8. The number of aromatic amines is 1. The minimum Gasteiger partial charge on any atom is -0.496 e. The van der Waals surface area contributed by atoms with Crippen LogP contribution in [-0.2, 0) is 11.2 Å². The number of carbonyl (C=O) groups excluding carboxylic acids is 1. The molecule has 5 heteroatoms. The first-order valence-corrected chi connectivity index (χ1v) is 11.0. The summed E-state index contributed by atoms with van der Waals surface area (Å²) in [5.41, 5.74) is 9.22. The maximum atomic E-state index is 12.8. The van der Waals surface area contributed by atoms with Gasteiger partial charge in [-0.3, -0.25) is 4.79 Å². The number of aromatic nitrogens is 1. The standard InChI is InChI=1S/C27H31N3O2/c1-17-20(10-8-14-30(3)4)18(2)28-24(17)16-23-22-13-12-19(15-25(22)29-27(23)31)21-9-6-7-11-26(21)32-5/h6-7,9,11-13,15-16,28H,8,10,14H2,1-5H3,(H,29,31). The number of aryl methyl sites for hydroxylation is 1. The molecule has 1 aliphatic heterocycles. The van der Waals surface area contributed by atoms with E-state index in [1.807, 2.05) is 48.5 Å². The van der Waals surface area contributed by atoms with E-state index in [2.05, 4.69) is 43.1 Å². The normalized spacial score (nSPS) is 14.2. The van der Waals surface area contributed by atoms with Crippen molar-refractivity contribution in [3.05, 3.63) is 70.5 Å². The van der Waals surface area contributed by atoms with Crippen LogP contribution in [-0.4, -0.2) is 43.5 Å². The Labute approximate surface area is 190 Å². The van der Waals surface area contributed by atoms with Crippen LogP contribution < -0.4 is 10.1 Å². The summed E-state index contributed by atoms with van der Waals surface area (Å²) >= 11 is 0. The van der Waals surface area contributed by atoms with E-state index in [4.69, 9.17) is 4.74 Å². The van der Waals surface area contributed by atoms with E-state index in [-0.39, 0.29) is 5.91 Å². The number of amides is 1. The largest absolute Gasteiger partial charge is 0.496 e. The number of carbonyl (C=O) groups is 1. The van der Waals surface area contributed by atoms with E-state index < -0.39 is 0 Å². The van der Waals surface area contributed by atoms with Gasteiger partial charge in [-0.05, 0) is 82.2 Å². The highest BCUT2D eigenvalue weighted by Crippen LogP contribution is 2.38. The summed E-state index contributed by atoms with van der Waals surface area (Å²) in [6, 6.07) is 14.0. The van der Waals surface area contributed by atoms with Gasteiger partial charge in [-0.25, -0.2) is 0 Å². The van der Waals surface area contributed by atoms with Crippen molar-refractivity contribution >= 4 is 23.2 Å². The highest BCUT2D eigenvalue weighted by atomic mass is 16.5. The van der Waals surface area contributed by atoms with Gasteiger partial charge in [-0.2, -0.15) is 0 Å². The Bertz CT molecular complexity index is 1190. The number of rotatable bonds is 7. The lowest BCUT2D eigenvalue weighted by atomic mass is 9.98. The molecule has 1 aliphatic rings. The lowest BCUT2D eigenvalue weighted by Crippen LogP contribution is -2.13. The van der Waals surface area contributed by atoms with Crippen molar-refractivity contribution in [2.45, 2.75) is 26.7 Å². The van der Waals surface area contributed by atoms with Crippen LogP contribution in [0, 0.1) is 13.8 Å². The van der Waals surface area contributed by atoms with Crippen LogP contribution in [0.4, 0.5) is 5.69 Å². The highest BCUT2D eigenvalue weighted by molar-refractivity contribution is 6.35. The molecule has 2 heterocycles. The molecular formula is C27H31N3O2. The first kappa shape index (κ1) is 21.9. The second-order valence-electron chi connectivity index (χ2n) is 8.65. The number of methoxy groups -OCH3 is 1. The van der Waals surface area contributed by atoms with Gasteiger partial charge < -0.3 is 19.9 Å². The predicted molar refractivity (Wildman–Crippen MR) is 132 cm³/mol. The molecule has 0 saturated heterocycles. The summed E-state index contributed by atoms with van der Waals surface area (Å²) in [7, 11) is 5.87. The summed E-state index contributed by atoms with van der Waals surface area (Å²) in [5, 5.41) is 3.04. The lowest BCUT2D eigenvalue weighted by molar-refractivity contribution is -0.110. The molecular weight excluding hydrogens is 398 g/mol. The zero-order chi connectivity index (χ0) is 22.8. The van der Waals surface area contributed by atoms with Gasteiger partial charge in [0.25, 0.3) is 5.91 Å². The minimum atomic E-state index is -0.0713. The topological polar surface area (TPSA) is 57.4 Å². The van der Waals surface area contributed by atoms with Crippen molar-refractivity contribution in [2.75, 3.05) is 33.1 Å². The molecule has 2 N–H and O–H groups in total. The first-order valence-electron chi connectivity index (χ1n) is 11.0. The summed E-state index contributed by atoms with van der Waals surface area (Å²) in [4.78, 5) is 18.5. The molecule has 3 aromatic rings. The van der Waals surface area contributed by atoms with Crippen LogP contribution in [0.3, 0.4) is 0 Å². The second-order valence-corrected chi connectivity index (χ2v) is 8.65. The third-order valence-corrected chi connectivity index (χ3v) is 6.17. The quantitative estimate of drug-likeness (QED) is 0.502. The van der Waals surface area contributed by atoms with E-state index in [0.717, 1.165) is 53.2 Å². The number of H-pyrrole nitrogens is 1. The van der Waals surface area contributed by atoms with E-state index >= 15 is 0 Å². The average Bonchev–Trinajstić information content (AvgIpc) is 3.23. The van der Waals surface area contributed by atoms with Gasteiger partial charge >= 0.3 is 0 Å². The fourth-order valence-electron chi connectivity index (χ4n) is 4.44. The van der Waals surface area contributed by atoms with Crippen LogP contribution in [0.1, 0.15) is 34.5 Å². The van der Waals surface area contributed by atoms with Crippen molar-refractivity contribution in [1.29, 1.82) is 0 Å².